The van der Waals surface area contributed by atoms with Crippen molar-refractivity contribution in [3.63, 3.8) is 0 Å². The lowest BCUT2D eigenvalue weighted by Crippen LogP contribution is -2.12. The van der Waals surface area contributed by atoms with Crippen molar-refractivity contribution in [3.8, 4) is 11.5 Å². The zero-order valence-electron chi connectivity index (χ0n) is 17.2. The van der Waals surface area contributed by atoms with Crippen molar-refractivity contribution in [1.29, 1.82) is 0 Å². The molecule has 2 aromatic rings. The summed E-state index contributed by atoms with van der Waals surface area (Å²) in [5.41, 5.74) is 3.52. The van der Waals surface area contributed by atoms with Gasteiger partial charge in [0.1, 0.15) is 16.4 Å². The molecule has 7 heteroatoms. The SMILES string of the molecule is CCOC(=O)C1=C(O)C(=Cc2ccc(O)c(OC)c2)SC1=Nc1cc(C)cc(C)c1. The van der Waals surface area contributed by atoms with Gasteiger partial charge in [0.15, 0.2) is 11.5 Å². The molecule has 2 N–H and O–H groups in total. The Morgan fingerprint density at radius 3 is 2.47 bits per heavy atom. The van der Waals surface area contributed by atoms with Crippen molar-refractivity contribution in [2.75, 3.05) is 13.7 Å². The fourth-order valence-electron chi connectivity index (χ4n) is 3.06. The van der Waals surface area contributed by atoms with Gasteiger partial charge >= 0.3 is 5.97 Å². The molecule has 0 aliphatic carbocycles. The van der Waals surface area contributed by atoms with Gasteiger partial charge in [-0.15, -0.1) is 0 Å². The van der Waals surface area contributed by atoms with Crippen LogP contribution in [0, 0.1) is 13.8 Å². The predicted octanol–water partition coefficient (Wildman–Crippen LogP) is 5.21. The monoisotopic (exact) mass is 425 g/mol. The van der Waals surface area contributed by atoms with E-state index in [0.717, 1.165) is 11.1 Å². The number of aliphatic imine (C=N–C) groups is 1. The predicted molar refractivity (Wildman–Crippen MR) is 120 cm³/mol. The summed E-state index contributed by atoms with van der Waals surface area (Å²) >= 11 is 1.18. The summed E-state index contributed by atoms with van der Waals surface area (Å²) in [4.78, 5) is 17.6. The van der Waals surface area contributed by atoms with Gasteiger partial charge in [0.2, 0.25) is 0 Å². The third kappa shape index (κ3) is 4.68. The van der Waals surface area contributed by atoms with Crippen LogP contribution in [0.2, 0.25) is 0 Å². The summed E-state index contributed by atoms with van der Waals surface area (Å²) in [6, 6.07) is 10.7. The molecule has 1 aliphatic heterocycles. The van der Waals surface area contributed by atoms with Crippen LogP contribution in [0.4, 0.5) is 5.69 Å². The number of hydrogen-bond donors (Lipinski definition) is 2. The van der Waals surface area contributed by atoms with E-state index in [1.54, 1.807) is 25.1 Å². The van der Waals surface area contributed by atoms with Gasteiger partial charge in [0.25, 0.3) is 0 Å². The number of methoxy groups -OCH3 is 1. The molecule has 1 heterocycles. The molecule has 3 rings (SSSR count). The minimum Gasteiger partial charge on any atom is -0.506 e. The van der Waals surface area contributed by atoms with E-state index in [2.05, 4.69) is 4.99 Å². The normalized spacial score (nSPS) is 16.4. The van der Waals surface area contributed by atoms with Gasteiger partial charge in [0, 0.05) is 0 Å². The van der Waals surface area contributed by atoms with Crippen LogP contribution in [-0.2, 0) is 9.53 Å². The summed E-state index contributed by atoms with van der Waals surface area (Å²) in [6.45, 7) is 5.84. The summed E-state index contributed by atoms with van der Waals surface area (Å²) in [5, 5.41) is 20.9. The quantitative estimate of drug-likeness (QED) is 0.639. The third-order valence-corrected chi connectivity index (χ3v) is 5.33. The molecule has 0 spiro atoms. The fraction of sp³-hybridized carbons (Fsp3) is 0.217. The van der Waals surface area contributed by atoms with Crippen molar-refractivity contribution < 1.29 is 24.5 Å². The van der Waals surface area contributed by atoms with Crippen molar-refractivity contribution >= 4 is 34.5 Å². The standard InChI is InChI=1S/C23H23NO5S/c1-5-29-23(27)20-21(26)19(12-15-6-7-17(25)18(11-15)28-4)30-22(20)24-16-9-13(2)8-14(3)10-16/h6-12,25-26H,5H2,1-4H3. The molecule has 0 amide bonds. The van der Waals surface area contributed by atoms with Gasteiger partial charge in [-0.25, -0.2) is 9.79 Å². The molecule has 6 nitrogen and oxygen atoms in total. The largest absolute Gasteiger partial charge is 0.506 e. The summed E-state index contributed by atoms with van der Waals surface area (Å²) in [7, 11) is 1.46. The summed E-state index contributed by atoms with van der Waals surface area (Å²) in [5.74, 6) is -0.487. The average Bonchev–Trinajstić information content (AvgIpc) is 2.97. The van der Waals surface area contributed by atoms with Gasteiger partial charge in [-0.3, -0.25) is 0 Å². The Morgan fingerprint density at radius 2 is 1.83 bits per heavy atom. The maximum absolute atomic E-state index is 12.5. The van der Waals surface area contributed by atoms with Crippen LogP contribution < -0.4 is 4.74 Å². The van der Waals surface area contributed by atoms with Crippen LogP contribution in [0.5, 0.6) is 11.5 Å². The van der Waals surface area contributed by atoms with Crippen LogP contribution in [0.3, 0.4) is 0 Å². The highest BCUT2D eigenvalue weighted by Gasteiger charge is 2.33. The first kappa shape index (κ1) is 21.5. The lowest BCUT2D eigenvalue weighted by molar-refractivity contribution is -0.138. The molecule has 0 atom stereocenters. The van der Waals surface area contributed by atoms with Gasteiger partial charge in [-0.05, 0) is 67.8 Å². The Balaban J connectivity index is 2.07. The lowest BCUT2D eigenvalue weighted by Gasteiger charge is -2.05. The molecule has 0 aromatic heterocycles. The van der Waals surface area contributed by atoms with Gasteiger partial charge < -0.3 is 19.7 Å². The number of benzene rings is 2. The number of nitrogens with zero attached hydrogens (tertiary/aromatic N) is 1. The minimum absolute atomic E-state index is 0.0165. The maximum atomic E-state index is 12.5. The first-order chi connectivity index (χ1) is 14.3. The second-order valence-corrected chi connectivity index (χ2v) is 7.78. The van der Waals surface area contributed by atoms with Crippen LogP contribution in [0.1, 0.15) is 23.6 Å². The maximum Gasteiger partial charge on any atom is 0.344 e. The average molecular weight is 426 g/mol. The second kappa shape index (κ2) is 9.09. The van der Waals surface area contributed by atoms with Gasteiger partial charge in [0.05, 0.1) is 24.3 Å². The van der Waals surface area contributed by atoms with E-state index < -0.39 is 5.97 Å². The number of aryl methyl sites for hydroxylation is 2. The number of thioether (sulfide) groups is 1. The number of carbonyl (C=O) groups excluding carboxylic acids is 1. The molecule has 2 aromatic carbocycles. The van der Waals surface area contributed by atoms with Crippen molar-refractivity contribution in [3.05, 3.63) is 69.3 Å². The van der Waals surface area contributed by atoms with E-state index >= 15 is 0 Å². The zero-order valence-corrected chi connectivity index (χ0v) is 18.0. The Hall–Kier alpha value is -3.19. The highest BCUT2D eigenvalue weighted by molar-refractivity contribution is 8.18. The second-order valence-electron chi connectivity index (χ2n) is 6.75. The minimum atomic E-state index is -0.627. The smallest absolute Gasteiger partial charge is 0.344 e. The number of hydrogen-bond acceptors (Lipinski definition) is 7. The van der Waals surface area contributed by atoms with E-state index in [1.807, 2.05) is 32.0 Å². The van der Waals surface area contributed by atoms with Crippen LogP contribution in [0.25, 0.3) is 6.08 Å². The highest BCUT2D eigenvalue weighted by atomic mass is 32.2. The Kier molecular flexibility index (Phi) is 6.52. The van der Waals surface area contributed by atoms with Crippen molar-refractivity contribution in [1.82, 2.24) is 0 Å². The molecule has 0 fully saturated rings. The molecule has 156 valence electrons. The molecule has 0 saturated heterocycles. The number of rotatable bonds is 5. The fourth-order valence-corrected chi connectivity index (χ4v) is 4.09. The Bertz CT molecular complexity index is 1060. The first-order valence-electron chi connectivity index (χ1n) is 9.37. The lowest BCUT2D eigenvalue weighted by atomic mass is 10.1. The molecule has 0 unspecified atom stereocenters. The molecule has 1 aliphatic rings. The number of ether oxygens (including phenoxy) is 2. The Labute approximate surface area is 179 Å². The van der Waals surface area contributed by atoms with E-state index in [1.165, 1.54) is 24.9 Å². The zero-order chi connectivity index (χ0) is 21.8. The van der Waals surface area contributed by atoms with Crippen molar-refractivity contribution in [2.45, 2.75) is 20.8 Å². The van der Waals surface area contributed by atoms with E-state index in [9.17, 15) is 15.0 Å². The van der Waals surface area contributed by atoms with Crippen molar-refractivity contribution in [2.24, 2.45) is 4.99 Å². The number of carbonyl (C=O) groups is 1. The highest BCUT2D eigenvalue weighted by Crippen LogP contribution is 2.41. The first-order valence-corrected chi connectivity index (χ1v) is 10.2. The summed E-state index contributed by atoms with van der Waals surface area (Å²) < 4.78 is 10.3. The summed E-state index contributed by atoms with van der Waals surface area (Å²) in [6.07, 6.45) is 1.70. The number of aromatic hydroxyl groups is 1. The van der Waals surface area contributed by atoms with Gasteiger partial charge in [-0.1, -0.05) is 23.9 Å². The number of aliphatic hydroxyl groups is 1. The number of esters is 1. The molecular formula is C23H23NO5S. The number of phenolic OH excluding ortho intramolecular Hbond substituents is 1. The third-order valence-electron chi connectivity index (χ3n) is 4.31. The molecular weight excluding hydrogens is 402 g/mol. The van der Waals surface area contributed by atoms with Crippen LogP contribution >= 0.6 is 11.8 Å². The molecule has 30 heavy (non-hydrogen) atoms. The number of phenols is 1. The van der Waals surface area contributed by atoms with Crippen LogP contribution in [0.15, 0.2) is 57.6 Å². The molecule has 0 saturated carbocycles. The molecule has 0 radical (unpaired) electrons. The van der Waals surface area contributed by atoms with E-state index in [-0.39, 0.29) is 23.7 Å². The van der Waals surface area contributed by atoms with E-state index in [0.29, 0.717) is 26.9 Å². The molecule has 0 bridgehead atoms. The van der Waals surface area contributed by atoms with Gasteiger partial charge in [-0.2, -0.15) is 0 Å². The topological polar surface area (TPSA) is 88.4 Å². The Morgan fingerprint density at radius 1 is 1.13 bits per heavy atom. The number of aliphatic hydroxyl groups excluding tert-OH is 1. The van der Waals surface area contributed by atoms with Crippen LogP contribution in [-0.4, -0.2) is 34.9 Å². The van der Waals surface area contributed by atoms with E-state index in [4.69, 9.17) is 9.47 Å².